The van der Waals surface area contributed by atoms with Gasteiger partial charge in [0.1, 0.15) is 0 Å². The fraction of sp³-hybridized carbons (Fsp3) is 0.625. The minimum Gasteiger partial charge on any atom is -0.284 e. The zero-order valence-electron chi connectivity index (χ0n) is 12.1. The molecule has 0 amide bonds. The summed E-state index contributed by atoms with van der Waals surface area (Å²) in [6, 6.07) is 12.1. The van der Waals surface area contributed by atoms with E-state index < -0.39 is 0 Å². The number of rotatable bonds is 4. The van der Waals surface area contributed by atoms with E-state index in [0.29, 0.717) is 18.2 Å². The third-order valence-electron chi connectivity index (χ3n) is 4.45. The maximum Gasteiger partial charge on any atom is 0.0628 e. The van der Waals surface area contributed by atoms with E-state index in [-0.39, 0.29) is 0 Å². The molecule has 100 valence electrons. The van der Waals surface area contributed by atoms with E-state index in [1.807, 2.05) is 0 Å². The molecule has 18 heavy (non-hydrogen) atoms. The first-order valence-corrected chi connectivity index (χ1v) is 7.24. The van der Waals surface area contributed by atoms with Crippen LogP contribution >= 0.6 is 0 Å². The van der Waals surface area contributed by atoms with Crippen molar-refractivity contribution in [2.75, 3.05) is 6.54 Å². The highest BCUT2D eigenvalue weighted by Gasteiger charge is 2.40. The summed E-state index contributed by atoms with van der Waals surface area (Å²) in [6.07, 6.45) is 1.80. The van der Waals surface area contributed by atoms with Gasteiger partial charge in [-0.25, -0.2) is 0 Å². The zero-order chi connectivity index (χ0) is 13.1. The molecule has 1 aliphatic heterocycles. The topological polar surface area (TPSA) is 6.48 Å². The predicted molar refractivity (Wildman–Crippen MR) is 77.4 cm³/mol. The van der Waals surface area contributed by atoms with Crippen LogP contribution in [0.3, 0.4) is 0 Å². The van der Waals surface area contributed by atoms with Crippen molar-refractivity contribution in [3.05, 3.63) is 35.9 Å². The number of hydrogen-bond acceptors (Lipinski definition) is 2. The molecular formula is C16H26N2. The van der Waals surface area contributed by atoms with Crippen molar-refractivity contribution in [3.63, 3.8) is 0 Å². The summed E-state index contributed by atoms with van der Waals surface area (Å²) in [6.45, 7) is 11.5. The van der Waals surface area contributed by atoms with Crippen LogP contribution in [0, 0.1) is 0 Å². The molecular weight excluding hydrogens is 220 g/mol. The SMILES string of the molecule is CCC1N(CC)C(C)C(C)N1Cc1ccccc1. The Labute approximate surface area is 112 Å². The van der Waals surface area contributed by atoms with Gasteiger partial charge in [0.15, 0.2) is 0 Å². The molecule has 0 saturated carbocycles. The van der Waals surface area contributed by atoms with Gasteiger partial charge in [-0.2, -0.15) is 0 Å². The van der Waals surface area contributed by atoms with Crippen LogP contribution in [-0.4, -0.2) is 34.6 Å². The average Bonchev–Trinajstić information content (AvgIpc) is 2.63. The monoisotopic (exact) mass is 246 g/mol. The Morgan fingerprint density at radius 1 is 0.944 bits per heavy atom. The third kappa shape index (κ3) is 2.45. The van der Waals surface area contributed by atoms with Gasteiger partial charge in [-0.3, -0.25) is 9.80 Å². The Kier molecular flexibility index (Phi) is 4.41. The molecule has 1 saturated heterocycles. The summed E-state index contributed by atoms with van der Waals surface area (Å²) >= 11 is 0. The Balaban J connectivity index is 2.15. The van der Waals surface area contributed by atoms with Crippen molar-refractivity contribution in [3.8, 4) is 0 Å². The molecule has 0 spiro atoms. The van der Waals surface area contributed by atoms with Crippen LogP contribution in [0.25, 0.3) is 0 Å². The van der Waals surface area contributed by atoms with Crippen LogP contribution < -0.4 is 0 Å². The maximum atomic E-state index is 2.66. The predicted octanol–water partition coefficient (Wildman–Crippen LogP) is 3.34. The van der Waals surface area contributed by atoms with Crippen LogP contribution in [0.15, 0.2) is 30.3 Å². The normalized spacial score (nSPS) is 29.9. The summed E-state index contributed by atoms with van der Waals surface area (Å²) in [5, 5.41) is 0. The van der Waals surface area contributed by atoms with Crippen molar-refractivity contribution in [1.29, 1.82) is 0 Å². The van der Waals surface area contributed by atoms with Crippen molar-refractivity contribution in [1.82, 2.24) is 9.80 Å². The van der Waals surface area contributed by atoms with Gasteiger partial charge in [-0.05, 0) is 32.4 Å². The first kappa shape index (κ1) is 13.6. The lowest BCUT2D eigenvalue weighted by Gasteiger charge is -2.30. The number of benzene rings is 1. The van der Waals surface area contributed by atoms with Gasteiger partial charge < -0.3 is 0 Å². The first-order chi connectivity index (χ1) is 8.69. The zero-order valence-corrected chi connectivity index (χ0v) is 12.1. The molecule has 1 aliphatic rings. The van der Waals surface area contributed by atoms with E-state index in [4.69, 9.17) is 0 Å². The van der Waals surface area contributed by atoms with Crippen molar-refractivity contribution < 1.29 is 0 Å². The van der Waals surface area contributed by atoms with Crippen LogP contribution in [0.2, 0.25) is 0 Å². The summed E-state index contributed by atoms with van der Waals surface area (Å²) in [5.41, 5.74) is 1.42. The molecule has 1 aromatic rings. The standard InChI is InChI=1S/C16H26N2/c1-5-16-17(6-2)13(3)14(4)18(16)12-15-10-8-7-9-11-15/h7-11,13-14,16H,5-6,12H2,1-4H3. The lowest BCUT2D eigenvalue weighted by molar-refractivity contribution is 0.111. The minimum atomic E-state index is 0.597. The second-order valence-corrected chi connectivity index (χ2v) is 5.36. The second-order valence-electron chi connectivity index (χ2n) is 5.36. The highest BCUT2D eigenvalue weighted by molar-refractivity contribution is 5.15. The van der Waals surface area contributed by atoms with Crippen molar-refractivity contribution >= 4 is 0 Å². The van der Waals surface area contributed by atoms with Crippen LogP contribution in [0.5, 0.6) is 0 Å². The second kappa shape index (κ2) is 5.85. The van der Waals surface area contributed by atoms with Gasteiger partial charge in [0.2, 0.25) is 0 Å². The smallest absolute Gasteiger partial charge is 0.0628 e. The van der Waals surface area contributed by atoms with Gasteiger partial charge in [-0.15, -0.1) is 0 Å². The Morgan fingerprint density at radius 3 is 2.11 bits per heavy atom. The van der Waals surface area contributed by atoms with Crippen molar-refractivity contribution in [2.45, 2.75) is 58.9 Å². The molecule has 0 radical (unpaired) electrons. The molecule has 0 aromatic heterocycles. The van der Waals surface area contributed by atoms with Gasteiger partial charge >= 0.3 is 0 Å². The highest BCUT2D eigenvalue weighted by Crippen LogP contribution is 2.29. The molecule has 1 heterocycles. The lowest BCUT2D eigenvalue weighted by atomic mass is 10.1. The molecule has 3 unspecified atom stereocenters. The van der Waals surface area contributed by atoms with Crippen LogP contribution in [-0.2, 0) is 6.54 Å². The van der Waals surface area contributed by atoms with Crippen LogP contribution in [0.4, 0.5) is 0 Å². The van der Waals surface area contributed by atoms with Gasteiger partial charge in [-0.1, -0.05) is 44.2 Å². The molecule has 2 rings (SSSR count). The largest absolute Gasteiger partial charge is 0.284 e. The summed E-state index contributed by atoms with van der Waals surface area (Å²) in [4.78, 5) is 5.29. The number of likely N-dealkylation sites (N-methyl/N-ethyl adjacent to an activating group) is 1. The molecule has 0 aliphatic carbocycles. The highest BCUT2D eigenvalue weighted by atomic mass is 15.4. The molecule has 2 nitrogen and oxygen atoms in total. The fourth-order valence-electron chi connectivity index (χ4n) is 3.30. The number of hydrogen-bond donors (Lipinski definition) is 0. The van der Waals surface area contributed by atoms with E-state index in [1.54, 1.807) is 0 Å². The van der Waals surface area contributed by atoms with Gasteiger partial charge in [0.05, 0.1) is 6.17 Å². The molecule has 1 fully saturated rings. The fourth-order valence-corrected chi connectivity index (χ4v) is 3.30. The Morgan fingerprint density at radius 2 is 1.56 bits per heavy atom. The Hall–Kier alpha value is -0.860. The third-order valence-corrected chi connectivity index (χ3v) is 4.45. The Bertz CT molecular complexity index is 363. The summed E-state index contributed by atoms with van der Waals surface area (Å²) in [7, 11) is 0. The summed E-state index contributed by atoms with van der Waals surface area (Å²) < 4.78 is 0. The van der Waals surface area contributed by atoms with Gasteiger partial charge in [0, 0.05) is 18.6 Å². The van der Waals surface area contributed by atoms with E-state index in [1.165, 1.54) is 12.0 Å². The van der Waals surface area contributed by atoms with E-state index in [9.17, 15) is 0 Å². The summed E-state index contributed by atoms with van der Waals surface area (Å²) in [5.74, 6) is 0. The van der Waals surface area contributed by atoms with E-state index in [0.717, 1.165) is 13.1 Å². The molecule has 3 atom stereocenters. The number of nitrogens with zero attached hydrogens (tertiary/aromatic N) is 2. The van der Waals surface area contributed by atoms with Crippen molar-refractivity contribution in [2.24, 2.45) is 0 Å². The minimum absolute atomic E-state index is 0.597. The first-order valence-electron chi connectivity index (χ1n) is 7.24. The molecule has 1 aromatic carbocycles. The lowest BCUT2D eigenvalue weighted by Crippen LogP contribution is -2.39. The molecule has 0 bridgehead atoms. The van der Waals surface area contributed by atoms with Gasteiger partial charge in [0.25, 0.3) is 0 Å². The van der Waals surface area contributed by atoms with E-state index in [2.05, 4.69) is 67.8 Å². The average molecular weight is 246 g/mol. The molecule has 2 heteroatoms. The maximum absolute atomic E-state index is 2.66. The molecule has 0 N–H and O–H groups in total. The quantitative estimate of drug-likeness (QED) is 0.804. The van der Waals surface area contributed by atoms with Crippen LogP contribution in [0.1, 0.15) is 39.7 Å². The van der Waals surface area contributed by atoms with E-state index >= 15 is 0 Å².